The minimum absolute atomic E-state index is 0.0694. The molecule has 3 heterocycles. The molecule has 0 radical (unpaired) electrons. The predicted octanol–water partition coefficient (Wildman–Crippen LogP) is 2.11. The molecule has 0 unspecified atom stereocenters. The normalized spacial score (nSPS) is 13.7. The Labute approximate surface area is 154 Å². The highest BCUT2D eigenvalue weighted by Crippen LogP contribution is 2.38. The van der Waals surface area contributed by atoms with Crippen molar-refractivity contribution in [2.75, 3.05) is 6.54 Å². The second kappa shape index (κ2) is 6.87. The largest absolute Gasteiger partial charge is 0.349 e. The van der Waals surface area contributed by atoms with Crippen molar-refractivity contribution in [3.63, 3.8) is 0 Å². The summed E-state index contributed by atoms with van der Waals surface area (Å²) in [5.41, 5.74) is 1.51. The molecule has 0 atom stereocenters. The molecule has 1 aliphatic rings. The van der Waals surface area contributed by atoms with E-state index in [0.29, 0.717) is 29.6 Å². The fraction of sp³-hybridized carbons (Fsp3) is 0.333. The molecule has 7 nitrogen and oxygen atoms in total. The van der Waals surface area contributed by atoms with Gasteiger partial charge in [0.1, 0.15) is 4.88 Å². The summed E-state index contributed by atoms with van der Waals surface area (Å²) in [5.74, 6) is 0.287. The summed E-state index contributed by atoms with van der Waals surface area (Å²) in [4.78, 5) is 33.9. The molecule has 1 aliphatic carbocycles. The Morgan fingerprint density at radius 3 is 2.81 bits per heavy atom. The second-order valence-corrected chi connectivity index (χ2v) is 7.35. The van der Waals surface area contributed by atoms with Crippen LogP contribution >= 0.6 is 11.3 Å². The van der Waals surface area contributed by atoms with Gasteiger partial charge in [-0.2, -0.15) is 0 Å². The lowest BCUT2D eigenvalue weighted by Gasteiger charge is -2.07. The molecule has 26 heavy (non-hydrogen) atoms. The molecule has 1 saturated carbocycles. The highest BCUT2D eigenvalue weighted by molar-refractivity contribution is 7.16. The summed E-state index contributed by atoms with van der Waals surface area (Å²) >= 11 is 1.35. The fourth-order valence-corrected chi connectivity index (χ4v) is 3.70. The van der Waals surface area contributed by atoms with Crippen LogP contribution in [-0.2, 0) is 6.54 Å². The van der Waals surface area contributed by atoms with Gasteiger partial charge in [-0.05, 0) is 31.9 Å². The molecule has 1 fully saturated rings. The first-order chi connectivity index (χ1) is 12.6. The number of thiazole rings is 1. The molecular weight excluding hydrogens is 350 g/mol. The van der Waals surface area contributed by atoms with E-state index in [1.165, 1.54) is 15.9 Å². The Bertz CT molecular complexity index is 985. The number of nitrogens with zero attached hydrogens (tertiary/aromatic N) is 4. The summed E-state index contributed by atoms with van der Waals surface area (Å²) in [5, 5.41) is 3.62. The number of hydrogen-bond acceptors (Lipinski definition) is 5. The van der Waals surface area contributed by atoms with Gasteiger partial charge < -0.3 is 9.88 Å². The van der Waals surface area contributed by atoms with Crippen LogP contribution in [-0.4, -0.2) is 31.6 Å². The maximum atomic E-state index is 12.4. The standard InChI is InChI=1S/C18H19N5O2S/c1-12-16(26-18(21-12)22-7-2-3-8-22)17(25)19-6-9-23-11-20-14(10-15(23)24)13-4-5-13/h2-3,7-8,10-11,13H,4-6,9H2,1H3,(H,19,25). The summed E-state index contributed by atoms with van der Waals surface area (Å²) in [7, 11) is 0. The molecule has 134 valence electrons. The van der Waals surface area contributed by atoms with Crippen molar-refractivity contribution in [2.24, 2.45) is 0 Å². The van der Waals surface area contributed by atoms with E-state index in [2.05, 4.69) is 15.3 Å². The van der Waals surface area contributed by atoms with Crippen molar-refractivity contribution in [3.8, 4) is 5.13 Å². The minimum atomic E-state index is -0.172. The van der Waals surface area contributed by atoms with E-state index in [1.54, 1.807) is 12.4 Å². The van der Waals surface area contributed by atoms with E-state index in [4.69, 9.17) is 0 Å². The van der Waals surface area contributed by atoms with E-state index in [1.807, 2.05) is 36.0 Å². The molecule has 8 heteroatoms. The minimum Gasteiger partial charge on any atom is -0.349 e. The lowest BCUT2D eigenvalue weighted by Crippen LogP contribution is -2.30. The zero-order chi connectivity index (χ0) is 18.1. The molecule has 1 N–H and O–H groups in total. The zero-order valence-corrected chi connectivity index (χ0v) is 15.2. The van der Waals surface area contributed by atoms with Crippen LogP contribution in [0, 0.1) is 6.92 Å². The van der Waals surface area contributed by atoms with Crippen LogP contribution in [0.4, 0.5) is 0 Å². The van der Waals surface area contributed by atoms with Gasteiger partial charge in [0.25, 0.3) is 11.5 Å². The smallest absolute Gasteiger partial charge is 0.263 e. The number of rotatable bonds is 6. The van der Waals surface area contributed by atoms with E-state index in [0.717, 1.165) is 23.7 Å². The first kappa shape index (κ1) is 16.7. The van der Waals surface area contributed by atoms with Gasteiger partial charge in [0, 0.05) is 37.5 Å². The van der Waals surface area contributed by atoms with Crippen LogP contribution in [0.2, 0.25) is 0 Å². The third-order valence-electron chi connectivity index (χ3n) is 4.35. The van der Waals surface area contributed by atoms with Crippen molar-refractivity contribution in [2.45, 2.75) is 32.2 Å². The number of amides is 1. The van der Waals surface area contributed by atoms with Crippen LogP contribution in [0.15, 0.2) is 41.7 Å². The highest BCUT2D eigenvalue weighted by Gasteiger charge is 2.25. The third kappa shape index (κ3) is 3.45. The van der Waals surface area contributed by atoms with E-state index < -0.39 is 0 Å². The Kier molecular flexibility index (Phi) is 4.42. The van der Waals surface area contributed by atoms with Gasteiger partial charge in [0.2, 0.25) is 0 Å². The lowest BCUT2D eigenvalue weighted by atomic mass is 10.3. The van der Waals surface area contributed by atoms with E-state index in [-0.39, 0.29) is 11.5 Å². The molecule has 0 saturated heterocycles. The van der Waals surface area contributed by atoms with E-state index >= 15 is 0 Å². The zero-order valence-electron chi connectivity index (χ0n) is 14.4. The fourth-order valence-electron chi connectivity index (χ4n) is 2.75. The van der Waals surface area contributed by atoms with Crippen molar-refractivity contribution in [3.05, 3.63) is 63.5 Å². The summed E-state index contributed by atoms with van der Waals surface area (Å²) in [6, 6.07) is 5.43. The van der Waals surface area contributed by atoms with Gasteiger partial charge in [0.05, 0.1) is 17.7 Å². The Balaban J connectivity index is 1.38. The van der Waals surface area contributed by atoms with Gasteiger partial charge in [-0.25, -0.2) is 9.97 Å². The molecular formula is C18H19N5O2S. The molecule has 4 rings (SSSR count). The van der Waals surface area contributed by atoms with Crippen molar-refractivity contribution in [1.29, 1.82) is 0 Å². The van der Waals surface area contributed by atoms with Crippen molar-refractivity contribution >= 4 is 17.2 Å². The number of nitrogens with one attached hydrogen (secondary N) is 1. The Morgan fingerprint density at radius 1 is 1.35 bits per heavy atom. The van der Waals surface area contributed by atoms with Gasteiger partial charge in [-0.15, -0.1) is 0 Å². The monoisotopic (exact) mass is 369 g/mol. The number of carbonyl (C=O) groups excluding carboxylic acids is 1. The molecule has 0 spiro atoms. The van der Waals surface area contributed by atoms with E-state index in [9.17, 15) is 9.59 Å². The average Bonchev–Trinajstić information content (AvgIpc) is 3.18. The Morgan fingerprint density at radius 2 is 2.12 bits per heavy atom. The van der Waals surface area contributed by atoms with Gasteiger partial charge in [-0.3, -0.25) is 14.2 Å². The third-order valence-corrected chi connectivity index (χ3v) is 5.52. The number of aryl methyl sites for hydroxylation is 1. The predicted molar refractivity (Wildman–Crippen MR) is 99.0 cm³/mol. The molecule has 3 aromatic rings. The molecule has 0 bridgehead atoms. The summed E-state index contributed by atoms with van der Waals surface area (Å²) in [6.07, 6.45) is 7.59. The maximum Gasteiger partial charge on any atom is 0.263 e. The van der Waals surface area contributed by atoms with Crippen LogP contribution in [0.1, 0.15) is 39.8 Å². The molecule has 3 aromatic heterocycles. The van der Waals surface area contributed by atoms with Gasteiger partial charge in [0.15, 0.2) is 5.13 Å². The molecule has 1 amide bonds. The van der Waals surface area contributed by atoms with Crippen molar-refractivity contribution in [1.82, 2.24) is 24.4 Å². The first-order valence-corrected chi connectivity index (χ1v) is 9.39. The van der Waals surface area contributed by atoms with Crippen LogP contribution < -0.4 is 10.9 Å². The van der Waals surface area contributed by atoms with Gasteiger partial charge >= 0.3 is 0 Å². The molecule has 0 aromatic carbocycles. The maximum absolute atomic E-state index is 12.4. The summed E-state index contributed by atoms with van der Waals surface area (Å²) < 4.78 is 3.40. The topological polar surface area (TPSA) is 81.8 Å². The highest BCUT2D eigenvalue weighted by atomic mass is 32.1. The summed E-state index contributed by atoms with van der Waals surface area (Å²) in [6.45, 7) is 2.58. The van der Waals surface area contributed by atoms with Crippen LogP contribution in [0.3, 0.4) is 0 Å². The number of carbonyl (C=O) groups is 1. The lowest BCUT2D eigenvalue weighted by molar-refractivity contribution is 0.0955. The van der Waals surface area contributed by atoms with Crippen molar-refractivity contribution < 1.29 is 4.79 Å². The quantitative estimate of drug-likeness (QED) is 0.721. The number of hydrogen-bond donors (Lipinski definition) is 1. The van der Waals surface area contributed by atoms with Crippen LogP contribution in [0.25, 0.3) is 5.13 Å². The van der Waals surface area contributed by atoms with Gasteiger partial charge in [-0.1, -0.05) is 11.3 Å². The molecule has 0 aliphatic heterocycles. The second-order valence-electron chi connectivity index (χ2n) is 6.38. The SMILES string of the molecule is Cc1nc(-n2cccc2)sc1C(=O)NCCn1cnc(C2CC2)cc1=O. The average molecular weight is 369 g/mol. The Hall–Kier alpha value is -2.74. The first-order valence-electron chi connectivity index (χ1n) is 8.57. The van der Waals surface area contributed by atoms with Crippen LogP contribution in [0.5, 0.6) is 0 Å². The number of aromatic nitrogens is 4.